The second-order valence-electron chi connectivity index (χ2n) is 4.13. The van der Waals surface area contributed by atoms with E-state index in [1.54, 1.807) is 18.2 Å². The Labute approximate surface area is 114 Å². The van der Waals surface area contributed by atoms with Crippen molar-refractivity contribution in [1.29, 1.82) is 0 Å². The van der Waals surface area contributed by atoms with Crippen LogP contribution < -0.4 is 4.72 Å². The van der Waals surface area contributed by atoms with E-state index in [4.69, 9.17) is 9.84 Å². The Bertz CT molecular complexity index is 473. The van der Waals surface area contributed by atoms with Gasteiger partial charge in [-0.1, -0.05) is 31.5 Å². The van der Waals surface area contributed by atoms with Crippen molar-refractivity contribution in [3.05, 3.63) is 29.8 Å². The Morgan fingerprint density at radius 2 is 2.00 bits per heavy atom. The topological polar surface area (TPSA) is 75.6 Å². The molecule has 108 valence electrons. The van der Waals surface area contributed by atoms with Gasteiger partial charge in [0.25, 0.3) is 0 Å². The summed E-state index contributed by atoms with van der Waals surface area (Å²) in [4.78, 5) is 0.117. The average Bonchev–Trinajstić information content (AvgIpc) is 2.42. The smallest absolute Gasteiger partial charge is 0.241 e. The third-order valence-electron chi connectivity index (χ3n) is 2.61. The van der Waals surface area contributed by atoms with Crippen LogP contribution in [-0.4, -0.2) is 33.3 Å². The summed E-state index contributed by atoms with van der Waals surface area (Å²) in [5.41, 5.74) is 0.391. The molecule has 0 aliphatic heterocycles. The highest BCUT2D eigenvalue weighted by molar-refractivity contribution is 7.89. The molecule has 0 aromatic heterocycles. The molecule has 19 heavy (non-hydrogen) atoms. The molecule has 0 spiro atoms. The van der Waals surface area contributed by atoms with Gasteiger partial charge in [-0.25, -0.2) is 13.1 Å². The zero-order valence-electron chi connectivity index (χ0n) is 11.1. The van der Waals surface area contributed by atoms with Crippen molar-refractivity contribution < 1.29 is 18.3 Å². The van der Waals surface area contributed by atoms with Crippen LogP contribution in [0.3, 0.4) is 0 Å². The van der Waals surface area contributed by atoms with Gasteiger partial charge in [0.15, 0.2) is 0 Å². The molecule has 0 saturated heterocycles. The molecule has 2 N–H and O–H groups in total. The van der Waals surface area contributed by atoms with Gasteiger partial charge in [0.1, 0.15) is 0 Å². The van der Waals surface area contributed by atoms with Crippen molar-refractivity contribution in [1.82, 2.24) is 4.72 Å². The van der Waals surface area contributed by atoms with Crippen LogP contribution in [0.25, 0.3) is 0 Å². The number of nitrogens with one attached hydrogen (secondary N) is 1. The molecule has 0 bridgehead atoms. The predicted molar refractivity (Wildman–Crippen MR) is 73.3 cm³/mol. The van der Waals surface area contributed by atoms with Crippen molar-refractivity contribution in [2.45, 2.75) is 31.3 Å². The predicted octanol–water partition coefficient (Wildman–Crippen LogP) is 1.27. The van der Waals surface area contributed by atoms with Gasteiger partial charge >= 0.3 is 0 Å². The summed E-state index contributed by atoms with van der Waals surface area (Å²) in [5.74, 6) is 0. The van der Waals surface area contributed by atoms with Crippen molar-refractivity contribution in [3.63, 3.8) is 0 Å². The van der Waals surface area contributed by atoms with Gasteiger partial charge < -0.3 is 9.84 Å². The van der Waals surface area contributed by atoms with Crippen LogP contribution in [0.4, 0.5) is 0 Å². The Morgan fingerprint density at radius 3 is 2.68 bits per heavy atom. The molecule has 0 unspecified atom stereocenters. The van der Waals surface area contributed by atoms with E-state index in [-0.39, 0.29) is 18.0 Å². The van der Waals surface area contributed by atoms with E-state index in [1.807, 2.05) is 0 Å². The Morgan fingerprint density at radius 1 is 1.26 bits per heavy atom. The molecule has 0 heterocycles. The van der Waals surface area contributed by atoms with Gasteiger partial charge in [-0.15, -0.1) is 0 Å². The van der Waals surface area contributed by atoms with Crippen molar-refractivity contribution in [2.24, 2.45) is 0 Å². The lowest BCUT2D eigenvalue weighted by atomic mass is 10.2. The zero-order valence-corrected chi connectivity index (χ0v) is 11.9. The third kappa shape index (κ3) is 5.28. The molecule has 0 amide bonds. The van der Waals surface area contributed by atoms with Crippen LogP contribution >= 0.6 is 0 Å². The van der Waals surface area contributed by atoms with E-state index < -0.39 is 10.0 Å². The van der Waals surface area contributed by atoms with E-state index >= 15 is 0 Å². The zero-order chi connectivity index (χ0) is 14.1. The summed E-state index contributed by atoms with van der Waals surface area (Å²) in [6.07, 6.45) is 2.02. The fourth-order valence-electron chi connectivity index (χ4n) is 1.57. The number of sulfonamides is 1. The van der Waals surface area contributed by atoms with Crippen LogP contribution in [0.15, 0.2) is 29.2 Å². The van der Waals surface area contributed by atoms with Crippen LogP contribution in [0.1, 0.15) is 25.3 Å². The molecule has 0 fully saturated rings. The SMILES string of the molecule is CCCCOCCNS(=O)(=O)c1ccccc1CO. The van der Waals surface area contributed by atoms with Crippen LogP contribution in [0, 0.1) is 0 Å². The van der Waals surface area contributed by atoms with Crippen molar-refractivity contribution in [2.75, 3.05) is 19.8 Å². The fraction of sp³-hybridized carbons (Fsp3) is 0.538. The van der Waals surface area contributed by atoms with E-state index in [9.17, 15) is 8.42 Å². The molecule has 1 aromatic rings. The molecule has 0 aliphatic rings. The number of rotatable bonds is 9. The van der Waals surface area contributed by atoms with Gasteiger partial charge in [0.05, 0.1) is 18.1 Å². The maximum absolute atomic E-state index is 12.0. The minimum Gasteiger partial charge on any atom is -0.392 e. The Balaban J connectivity index is 2.52. The lowest BCUT2D eigenvalue weighted by Gasteiger charge is -2.10. The molecule has 0 radical (unpaired) electrons. The number of aliphatic hydroxyl groups excluding tert-OH is 1. The molecule has 1 aromatic carbocycles. The molecule has 5 nitrogen and oxygen atoms in total. The first-order valence-electron chi connectivity index (χ1n) is 6.38. The quantitative estimate of drug-likeness (QED) is 0.671. The van der Waals surface area contributed by atoms with Crippen molar-refractivity contribution in [3.8, 4) is 0 Å². The first kappa shape index (κ1) is 16.1. The number of unbranched alkanes of at least 4 members (excludes halogenated alkanes) is 1. The van der Waals surface area contributed by atoms with E-state index in [2.05, 4.69) is 11.6 Å². The highest BCUT2D eigenvalue weighted by Gasteiger charge is 2.16. The second kappa shape index (κ2) is 8.27. The molecular weight excluding hydrogens is 266 g/mol. The van der Waals surface area contributed by atoms with Gasteiger partial charge in [-0.3, -0.25) is 0 Å². The largest absolute Gasteiger partial charge is 0.392 e. The van der Waals surface area contributed by atoms with Crippen LogP contribution in [0.5, 0.6) is 0 Å². The van der Waals surface area contributed by atoms with Gasteiger partial charge in [-0.2, -0.15) is 0 Å². The molecule has 0 atom stereocenters. The highest BCUT2D eigenvalue weighted by atomic mass is 32.2. The maximum Gasteiger partial charge on any atom is 0.241 e. The van der Waals surface area contributed by atoms with Crippen LogP contribution in [0.2, 0.25) is 0 Å². The monoisotopic (exact) mass is 287 g/mol. The summed E-state index contributed by atoms with van der Waals surface area (Å²) in [6.45, 7) is 2.99. The first-order valence-corrected chi connectivity index (χ1v) is 7.86. The maximum atomic E-state index is 12.0. The number of ether oxygens (including phenoxy) is 1. The first-order chi connectivity index (χ1) is 9.11. The van der Waals surface area contributed by atoms with Gasteiger partial charge in [0.2, 0.25) is 10.0 Å². The summed E-state index contributed by atoms with van der Waals surface area (Å²) in [6, 6.07) is 6.39. The molecular formula is C13H21NO4S. The number of aliphatic hydroxyl groups is 1. The summed E-state index contributed by atoms with van der Waals surface area (Å²) in [7, 11) is -3.59. The second-order valence-corrected chi connectivity index (χ2v) is 5.86. The molecule has 0 aliphatic carbocycles. The standard InChI is InChI=1S/C13H21NO4S/c1-2-3-9-18-10-8-14-19(16,17)13-7-5-4-6-12(13)11-15/h4-7,14-15H,2-3,8-11H2,1H3. The van der Waals surface area contributed by atoms with E-state index in [0.717, 1.165) is 12.8 Å². The van der Waals surface area contributed by atoms with Gasteiger partial charge in [-0.05, 0) is 18.1 Å². The lowest BCUT2D eigenvalue weighted by Crippen LogP contribution is -2.28. The molecule has 6 heteroatoms. The van der Waals surface area contributed by atoms with E-state index in [0.29, 0.717) is 18.8 Å². The normalized spacial score (nSPS) is 11.7. The molecule has 1 rings (SSSR count). The highest BCUT2D eigenvalue weighted by Crippen LogP contribution is 2.14. The average molecular weight is 287 g/mol. The third-order valence-corrected chi connectivity index (χ3v) is 4.17. The fourth-order valence-corrected chi connectivity index (χ4v) is 2.81. The number of hydrogen-bond acceptors (Lipinski definition) is 4. The minimum atomic E-state index is -3.59. The summed E-state index contributed by atoms with van der Waals surface area (Å²) in [5, 5.41) is 9.13. The lowest BCUT2D eigenvalue weighted by molar-refractivity contribution is 0.136. The van der Waals surface area contributed by atoms with Crippen LogP contribution in [-0.2, 0) is 21.4 Å². The van der Waals surface area contributed by atoms with E-state index in [1.165, 1.54) is 6.07 Å². The summed E-state index contributed by atoms with van der Waals surface area (Å²) >= 11 is 0. The number of benzene rings is 1. The van der Waals surface area contributed by atoms with Gasteiger partial charge in [0, 0.05) is 13.2 Å². The van der Waals surface area contributed by atoms with Crippen molar-refractivity contribution >= 4 is 10.0 Å². The Hall–Kier alpha value is -0.950. The molecule has 0 saturated carbocycles. The number of hydrogen-bond donors (Lipinski definition) is 2. The Kier molecular flexibility index (Phi) is 7.01. The summed E-state index contributed by atoms with van der Waals surface area (Å²) < 4.78 is 31.8. The minimum absolute atomic E-state index is 0.117.